The fourth-order valence-corrected chi connectivity index (χ4v) is 2.50. The van der Waals surface area contributed by atoms with E-state index >= 15 is 0 Å². The maximum atomic E-state index is 5.37. The Labute approximate surface area is 79.4 Å². The topological polar surface area (TPSA) is 21.3 Å². The van der Waals surface area contributed by atoms with Crippen LogP contribution in [0.4, 0.5) is 0 Å². The van der Waals surface area contributed by atoms with Gasteiger partial charge in [0.15, 0.2) is 0 Å². The lowest BCUT2D eigenvalue weighted by Gasteiger charge is -2.20. The van der Waals surface area contributed by atoms with Crippen molar-refractivity contribution in [1.82, 2.24) is 5.32 Å². The number of thioether (sulfide) groups is 1. The van der Waals surface area contributed by atoms with Crippen molar-refractivity contribution in [1.29, 1.82) is 0 Å². The average Bonchev–Trinajstić information content (AvgIpc) is 2.59. The lowest BCUT2D eigenvalue weighted by molar-refractivity contribution is 0.180. The van der Waals surface area contributed by atoms with Gasteiger partial charge in [-0.1, -0.05) is 6.92 Å². The number of hydrogen-bond acceptors (Lipinski definition) is 3. The van der Waals surface area contributed by atoms with Gasteiger partial charge in [0.1, 0.15) is 0 Å². The van der Waals surface area contributed by atoms with E-state index in [0.717, 1.165) is 19.1 Å². The minimum atomic E-state index is 0.650. The van der Waals surface area contributed by atoms with Crippen LogP contribution in [0.1, 0.15) is 13.3 Å². The number of rotatable bonds is 5. The Kier molecular flexibility index (Phi) is 5.04. The van der Waals surface area contributed by atoms with Gasteiger partial charge in [-0.2, -0.15) is 11.8 Å². The fraction of sp³-hybridized carbons (Fsp3) is 1.00. The first kappa shape index (κ1) is 10.4. The molecule has 2 nitrogen and oxygen atoms in total. The van der Waals surface area contributed by atoms with Gasteiger partial charge in [0.05, 0.1) is 6.61 Å². The first-order chi connectivity index (χ1) is 5.88. The van der Waals surface area contributed by atoms with Gasteiger partial charge in [0.2, 0.25) is 0 Å². The molecule has 1 saturated heterocycles. The number of nitrogens with one attached hydrogen (secondary N) is 1. The van der Waals surface area contributed by atoms with Crippen molar-refractivity contribution >= 4 is 11.8 Å². The van der Waals surface area contributed by atoms with E-state index in [4.69, 9.17) is 4.74 Å². The molecule has 1 aliphatic heterocycles. The van der Waals surface area contributed by atoms with Gasteiger partial charge in [-0.3, -0.25) is 0 Å². The monoisotopic (exact) mass is 189 g/mol. The summed E-state index contributed by atoms with van der Waals surface area (Å²) in [5, 5.41) is 3.38. The van der Waals surface area contributed by atoms with Gasteiger partial charge in [0, 0.05) is 24.3 Å². The maximum Gasteiger partial charge on any atom is 0.0510 e. The lowest BCUT2D eigenvalue weighted by atomic mass is 10.0. The zero-order valence-corrected chi connectivity index (χ0v) is 8.82. The standard InChI is InChI=1S/C9H19NOS/c1-3-12-7-9(10-2)8-4-5-11-6-8/h8-10H,3-7H2,1-2H3. The third-order valence-corrected chi connectivity index (χ3v) is 3.41. The molecule has 0 aromatic carbocycles. The molecule has 0 aliphatic carbocycles. The molecule has 0 amide bonds. The predicted octanol–water partition coefficient (Wildman–Crippen LogP) is 1.36. The van der Waals surface area contributed by atoms with E-state index in [1.54, 1.807) is 0 Å². The highest BCUT2D eigenvalue weighted by Crippen LogP contribution is 2.19. The van der Waals surface area contributed by atoms with Crippen LogP contribution in [0, 0.1) is 5.92 Å². The van der Waals surface area contributed by atoms with Crippen LogP contribution in [0.25, 0.3) is 0 Å². The molecule has 2 atom stereocenters. The highest BCUT2D eigenvalue weighted by molar-refractivity contribution is 7.99. The molecule has 0 saturated carbocycles. The summed E-state index contributed by atoms with van der Waals surface area (Å²) in [6.07, 6.45) is 1.23. The zero-order chi connectivity index (χ0) is 8.81. The van der Waals surface area contributed by atoms with Crippen molar-refractivity contribution in [3.05, 3.63) is 0 Å². The molecule has 1 rings (SSSR count). The second-order valence-corrected chi connectivity index (χ2v) is 4.50. The summed E-state index contributed by atoms with van der Waals surface area (Å²) in [7, 11) is 2.05. The fourth-order valence-electron chi connectivity index (χ4n) is 1.57. The molecule has 1 heterocycles. The summed E-state index contributed by atoms with van der Waals surface area (Å²) >= 11 is 2.01. The molecule has 1 aliphatic rings. The van der Waals surface area contributed by atoms with E-state index in [1.807, 2.05) is 11.8 Å². The van der Waals surface area contributed by atoms with E-state index < -0.39 is 0 Å². The van der Waals surface area contributed by atoms with Crippen molar-refractivity contribution in [2.45, 2.75) is 19.4 Å². The third-order valence-electron chi connectivity index (χ3n) is 2.41. The first-order valence-electron chi connectivity index (χ1n) is 4.71. The largest absolute Gasteiger partial charge is 0.381 e. The normalized spacial score (nSPS) is 26.0. The Morgan fingerprint density at radius 3 is 3.00 bits per heavy atom. The van der Waals surface area contributed by atoms with E-state index in [-0.39, 0.29) is 0 Å². The van der Waals surface area contributed by atoms with Crippen LogP contribution in [0.5, 0.6) is 0 Å². The van der Waals surface area contributed by atoms with E-state index in [2.05, 4.69) is 19.3 Å². The summed E-state index contributed by atoms with van der Waals surface area (Å²) in [5.74, 6) is 3.18. The Bertz CT molecular complexity index is 115. The molecule has 72 valence electrons. The van der Waals surface area contributed by atoms with E-state index in [9.17, 15) is 0 Å². The Hall–Kier alpha value is 0.270. The quantitative estimate of drug-likeness (QED) is 0.705. The van der Waals surface area contributed by atoms with Crippen LogP contribution in [0.3, 0.4) is 0 Å². The van der Waals surface area contributed by atoms with Gasteiger partial charge >= 0.3 is 0 Å². The molecule has 2 unspecified atom stereocenters. The highest BCUT2D eigenvalue weighted by Gasteiger charge is 2.23. The van der Waals surface area contributed by atoms with Gasteiger partial charge < -0.3 is 10.1 Å². The summed E-state index contributed by atoms with van der Waals surface area (Å²) in [4.78, 5) is 0. The molecule has 12 heavy (non-hydrogen) atoms. The van der Waals surface area contributed by atoms with Crippen molar-refractivity contribution < 1.29 is 4.74 Å². The summed E-state index contributed by atoms with van der Waals surface area (Å²) in [6.45, 7) is 4.12. The molecule has 1 fully saturated rings. The van der Waals surface area contributed by atoms with Gasteiger partial charge in [0.25, 0.3) is 0 Å². The van der Waals surface area contributed by atoms with Crippen molar-refractivity contribution in [3.63, 3.8) is 0 Å². The highest BCUT2D eigenvalue weighted by atomic mass is 32.2. The summed E-state index contributed by atoms with van der Waals surface area (Å²) < 4.78 is 5.37. The van der Waals surface area contributed by atoms with Gasteiger partial charge in [-0.15, -0.1) is 0 Å². The van der Waals surface area contributed by atoms with Crippen molar-refractivity contribution in [3.8, 4) is 0 Å². The molecule has 0 spiro atoms. The minimum Gasteiger partial charge on any atom is -0.381 e. The summed E-state index contributed by atoms with van der Waals surface area (Å²) in [6, 6.07) is 0.650. The van der Waals surface area contributed by atoms with Crippen LogP contribution in [-0.4, -0.2) is 37.8 Å². The SMILES string of the molecule is CCSCC(NC)C1CCOC1. The van der Waals surface area contributed by atoms with Crippen LogP contribution in [0.15, 0.2) is 0 Å². The third kappa shape index (κ3) is 2.96. The number of ether oxygens (including phenoxy) is 1. The maximum absolute atomic E-state index is 5.37. The lowest BCUT2D eigenvalue weighted by Crippen LogP contribution is -2.36. The molecular weight excluding hydrogens is 170 g/mol. The zero-order valence-electron chi connectivity index (χ0n) is 8.01. The molecule has 0 aromatic rings. The molecule has 0 bridgehead atoms. The van der Waals surface area contributed by atoms with Crippen LogP contribution >= 0.6 is 11.8 Å². The summed E-state index contributed by atoms with van der Waals surface area (Å²) in [5.41, 5.74) is 0. The van der Waals surface area contributed by atoms with Crippen LogP contribution in [-0.2, 0) is 4.74 Å². The van der Waals surface area contributed by atoms with Crippen molar-refractivity contribution in [2.24, 2.45) is 5.92 Å². The molecule has 0 radical (unpaired) electrons. The molecular formula is C9H19NOS. The van der Waals surface area contributed by atoms with Crippen LogP contribution in [0.2, 0.25) is 0 Å². The van der Waals surface area contributed by atoms with E-state index in [1.165, 1.54) is 17.9 Å². The van der Waals surface area contributed by atoms with Crippen LogP contribution < -0.4 is 5.32 Å². The predicted molar refractivity (Wildman–Crippen MR) is 54.8 cm³/mol. The average molecular weight is 189 g/mol. The molecule has 1 N–H and O–H groups in total. The second-order valence-electron chi connectivity index (χ2n) is 3.18. The minimum absolute atomic E-state index is 0.650. The molecule has 0 aromatic heterocycles. The molecule has 3 heteroatoms. The van der Waals surface area contributed by atoms with Crippen molar-refractivity contribution in [2.75, 3.05) is 31.8 Å². The Balaban J connectivity index is 2.22. The first-order valence-corrected chi connectivity index (χ1v) is 5.86. The van der Waals surface area contributed by atoms with Gasteiger partial charge in [-0.05, 0) is 19.2 Å². The van der Waals surface area contributed by atoms with Gasteiger partial charge in [-0.25, -0.2) is 0 Å². The Morgan fingerprint density at radius 1 is 1.67 bits per heavy atom. The Morgan fingerprint density at radius 2 is 2.50 bits per heavy atom. The number of hydrogen-bond donors (Lipinski definition) is 1. The smallest absolute Gasteiger partial charge is 0.0510 e. The second kappa shape index (κ2) is 5.84. The van der Waals surface area contributed by atoms with E-state index in [0.29, 0.717) is 6.04 Å².